The predicted octanol–water partition coefficient (Wildman–Crippen LogP) is 4.34. The van der Waals surface area contributed by atoms with Crippen molar-refractivity contribution in [2.45, 2.75) is 6.18 Å². The molecule has 6 nitrogen and oxygen atoms in total. The molecule has 1 fully saturated rings. The molecule has 0 spiro atoms. The molecule has 1 aliphatic heterocycles. The smallest absolute Gasteiger partial charge is 0.367 e. The Hall–Kier alpha value is -2.62. The summed E-state index contributed by atoms with van der Waals surface area (Å²) in [6, 6.07) is 9.62. The Morgan fingerprint density at radius 3 is 2.32 bits per heavy atom. The molecular formula is C18H15BrF3N3O3. The van der Waals surface area contributed by atoms with Gasteiger partial charge in [-0.15, -0.1) is 0 Å². The van der Waals surface area contributed by atoms with Gasteiger partial charge in [0.25, 0.3) is 11.6 Å². The third-order valence-corrected chi connectivity index (χ3v) is 4.97. The Morgan fingerprint density at radius 2 is 1.75 bits per heavy atom. The van der Waals surface area contributed by atoms with Gasteiger partial charge in [-0.05, 0) is 24.3 Å². The molecule has 0 saturated carbocycles. The van der Waals surface area contributed by atoms with Gasteiger partial charge >= 0.3 is 6.18 Å². The third kappa shape index (κ3) is 4.27. The monoisotopic (exact) mass is 457 g/mol. The highest BCUT2D eigenvalue weighted by atomic mass is 79.9. The van der Waals surface area contributed by atoms with Gasteiger partial charge in [0, 0.05) is 54.0 Å². The van der Waals surface area contributed by atoms with E-state index in [1.165, 1.54) is 4.90 Å². The van der Waals surface area contributed by atoms with Crippen molar-refractivity contribution >= 4 is 33.2 Å². The van der Waals surface area contributed by atoms with E-state index in [2.05, 4.69) is 15.9 Å². The van der Waals surface area contributed by atoms with Gasteiger partial charge in [0.2, 0.25) is 0 Å². The number of nitro groups is 1. The number of alkyl halides is 3. The van der Waals surface area contributed by atoms with Gasteiger partial charge in [-0.2, -0.15) is 13.2 Å². The van der Waals surface area contributed by atoms with Gasteiger partial charge in [0.05, 0.1) is 10.5 Å². The van der Waals surface area contributed by atoms with Crippen molar-refractivity contribution in [1.29, 1.82) is 0 Å². The van der Waals surface area contributed by atoms with Crippen LogP contribution >= 0.6 is 15.9 Å². The molecule has 1 aliphatic rings. The number of carbonyl (C=O) groups excluding carboxylic acids is 1. The maximum atomic E-state index is 13.4. The van der Waals surface area contributed by atoms with Crippen molar-refractivity contribution in [3.63, 3.8) is 0 Å². The van der Waals surface area contributed by atoms with Gasteiger partial charge < -0.3 is 9.80 Å². The fourth-order valence-corrected chi connectivity index (χ4v) is 3.49. The number of benzene rings is 2. The Bertz CT molecular complexity index is 912. The van der Waals surface area contributed by atoms with E-state index < -0.39 is 22.4 Å². The zero-order chi connectivity index (χ0) is 20.5. The molecule has 0 bridgehead atoms. The molecule has 0 unspecified atom stereocenters. The van der Waals surface area contributed by atoms with Crippen LogP contribution in [0.1, 0.15) is 15.9 Å². The maximum Gasteiger partial charge on any atom is 0.418 e. The summed E-state index contributed by atoms with van der Waals surface area (Å²) in [7, 11) is 0. The quantitative estimate of drug-likeness (QED) is 0.507. The van der Waals surface area contributed by atoms with Gasteiger partial charge in [0.15, 0.2) is 0 Å². The summed E-state index contributed by atoms with van der Waals surface area (Å²) in [6.45, 7) is 0.889. The molecule has 1 saturated heterocycles. The molecule has 1 heterocycles. The molecule has 0 N–H and O–H groups in total. The lowest BCUT2D eigenvalue weighted by Gasteiger charge is -2.37. The second-order valence-corrected chi connectivity index (χ2v) is 7.16. The number of hydrogen-bond donors (Lipinski definition) is 0. The van der Waals surface area contributed by atoms with Crippen LogP contribution in [0.15, 0.2) is 46.9 Å². The fraction of sp³-hybridized carbons (Fsp3) is 0.278. The first-order valence-electron chi connectivity index (χ1n) is 8.32. The topological polar surface area (TPSA) is 66.7 Å². The van der Waals surface area contributed by atoms with Gasteiger partial charge in [0.1, 0.15) is 0 Å². The summed E-state index contributed by atoms with van der Waals surface area (Å²) in [5.74, 6) is -0.194. The molecule has 0 aliphatic carbocycles. The van der Waals surface area contributed by atoms with Crippen molar-refractivity contribution in [1.82, 2.24) is 4.90 Å². The van der Waals surface area contributed by atoms with Crippen LogP contribution in [0.3, 0.4) is 0 Å². The molecule has 148 valence electrons. The van der Waals surface area contributed by atoms with E-state index in [-0.39, 0.29) is 37.8 Å². The van der Waals surface area contributed by atoms with Gasteiger partial charge in [-0.3, -0.25) is 14.9 Å². The van der Waals surface area contributed by atoms with Crippen LogP contribution in [-0.4, -0.2) is 41.9 Å². The molecular weight excluding hydrogens is 443 g/mol. The summed E-state index contributed by atoms with van der Waals surface area (Å²) in [4.78, 5) is 25.6. The first-order chi connectivity index (χ1) is 13.2. The lowest BCUT2D eigenvalue weighted by atomic mass is 10.1. The first kappa shape index (κ1) is 20.1. The average molecular weight is 458 g/mol. The van der Waals surface area contributed by atoms with Crippen molar-refractivity contribution in [2.24, 2.45) is 0 Å². The molecule has 28 heavy (non-hydrogen) atoms. The number of anilines is 1. The van der Waals surface area contributed by atoms with E-state index in [0.29, 0.717) is 11.6 Å². The summed E-state index contributed by atoms with van der Waals surface area (Å²) in [6.07, 6.45) is -4.72. The second kappa shape index (κ2) is 7.78. The number of amides is 1. The summed E-state index contributed by atoms with van der Waals surface area (Å²) >= 11 is 3.30. The highest BCUT2D eigenvalue weighted by Crippen LogP contribution is 2.39. The zero-order valence-corrected chi connectivity index (χ0v) is 16.0. The Labute approximate surface area is 166 Å². The zero-order valence-electron chi connectivity index (χ0n) is 14.4. The molecule has 10 heteroatoms. The molecule has 1 amide bonds. The van der Waals surface area contributed by atoms with Crippen LogP contribution in [0, 0.1) is 10.1 Å². The van der Waals surface area contributed by atoms with Crippen LogP contribution in [0.4, 0.5) is 24.5 Å². The van der Waals surface area contributed by atoms with E-state index in [4.69, 9.17) is 0 Å². The van der Waals surface area contributed by atoms with Crippen LogP contribution in [0.25, 0.3) is 0 Å². The Balaban J connectivity index is 1.78. The van der Waals surface area contributed by atoms with Gasteiger partial charge in [-0.25, -0.2) is 0 Å². The molecule has 3 rings (SSSR count). The van der Waals surface area contributed by atoms with Crippen LogP contribution in [0.2, 0.25) is 0 Å². The van der Waals surface area contributed by atoms with E-state index in [1.54, 1.807) is 29.2 Å². The van der Waals surface area contributed by atoms with E-state index in [9.17, 15) is 28.1 Å². The Kier molecular flexibility index (Phi) is 5.59. The SMILES string of the molecule is O=C(c1cccc(Br)c1)N1CCN(c2ccc([N+](=O)[O-])cc2C(F)(F)F)CC1. The normalized spacial score (nSPS) is 14.9. The minimum Gasteiger partial charge on any atom is -0.367 e. The number of non-ortho nitro benzene ring substituents is 1. The van der Waals surface area contributed by atoms with Crippen LogP contribution in [-0.2, 0) is 6.18 Å². The summed E-state index contributed by atoms with van der Waals surface area (Å²) in [5, 5.41) is 10.8. The average Bonchev–Trinajstić information content (AvgIpc) is 2.66. The molecule has 0 aromatic heterocycles. The van der Waals surface area contributed by atoms with Crippen molar-refractivity contribution in [2.75, 3.05) is 31.1 Å². The Morgan fingerprint density at radius 1 is 1.07 bits per heavy atom. The lowest BCUT2D eigenvalue weighted by Crippen LogP contribution is -2.49. The van der Waals surface area contributed by atoms with Crippen LogP contribution in [0.5, 0.6) is 0 Å². The predicted molar refractivity (Wildman–Crippen MR) is 100 cm³/mol. The minimum atomic E-state index is -4.72. The summed E-state index contributed by atoms with van der Waals surface area (Å²) < 4.78 is 40.9. The number of halogens is 4. The van der Waals surface area contributed by atoms with Crippen LogP contribution < -0.4 is 4.90 Å². The van der Waals surface area contributed by atoms with E-state index >= 15 is 0 Å². The first-order valence-corrected chi connectivity index (χ1v) is 9.11. The number of carbonyl (C=O) groups is 1. The number of piperazine rings is 1. The third-order valence-electron chi connectivity index (χ3n) is 4.48. The van der Waals surface area contributed by atoms with Crippen molar-refractivity contribution in [3.05, 3.63) is 68.2 Å². The molecule has 0 atom stereocenters. The number of nitrogens with zero attached hydrogens (tertiary/aromatic N) is 3. The second-order valence-electron chi connectivity index (χ2n) is 6.25. The fourth-order valence-electron chi connectivity index (χ4n) is 3.09. The lowest BCUT2D eigenvalue weighted by molar-refractivity contribution is -0.385. The summed E-state index contributed by atoms with van der Waals surface area (Å²) in [5.41, 5.74) is -1.28. The number of hydrogen-bond acceptors (Lipinski definition) is 4. The van der Waals surface area contributed by atoms with Gasteiger partial charge in [-0.1, -0.05) is 22.0 Å². The highest BCUT2D eigenvalue weighted by Gasteiger charge is 2.37. The van der Waals surface area contributed by atoms with E-state index in [1.807, 2.05) is 0 Å². The highest BCUT2D eigenvalue weighted by molar-refractivity contribution is 9.10. The van der Waals surface area contributed by atoms with Crippen molar-refractivity contribution < 1.29 is 22.9 Å². The molecule has 2 aromatic rings. The molecule has 0 radical (unpaired) electrons. The largest absolute Gasteiger partial charge is 0.418 e. The standard InChI is InChI=1S/C18H15BrF3N3O3/c19-13-3-1-2-12(10-13)17(26)24-8-6-23(7-9-24)16-5-4-14(25(27)28)11-15(16)18(20,21)22/h1-5,10-11H,6-9H2. The molecule has 2 aromatic carbocycles. The van der Waals surface area contributed by atoms with Crippen molar-refractivity contribution in [3.8, 4) is 0 Å². The number of nitro benzene ring substituents is 1. The van der Waals surface area contributed by atoms with E-state index in [0.717, 1.165) is 16.6 Å². The maximum absolute atomic E-state index is 13.4. The minimum absolute atomic E-state index is 0.118. The number of rotatable bonds is 3.